The van der Waals surface area contributed by atoms with Gasteiger partial charge in [-0.3, -0.25) is 0 Å². The second kappa shape index (κ2) is 6.42. The fourth-order valence-corrected chi connectivity index (χ4v) is 4.33. The van der Waals surface area contributed by atoms with Crippen LogP contribution in [0.5, 0.6) is 0 Å². The van der Waals surface area contributed by atoms with E-state index in [1.807, 2.05) is 6.07 Å². The predicted molar refractivity (Wildman–Crippen MR) is 125 cm³/mol. The van der Waals surface area contributed by atoms with Gasteiger partial charge in [-0.05, 0) is 68.0 Å². The summed E-state index contributed by atoms with van der Waals surface area (Å²) in [4.78, 5) is 0.182. The molecule has 0 radical (unpaired) electrons. The molecule has 0 aliphatic carbocycles. The Kier molecular flexibility index (Phi) is 2.91. The van der Waals surface area contributed by atoms with Crippen molar-refractivity contribution in [2.24, 2.45) is 0 Å². The number of anilines is 1. The Morgan fingerprint density at radius 2 is 1.43 bits per heavy atom. The molecule has 0 atom stereocenters. The number of hydrogen-bond donors (Lipinski definition) is 1. The van der Waals surface area contributed by atoms with E-state index in [0.29, 0.717) is 0 Å². The van der Waals surface area contributed by atoms with Crippen molar-refractivity contribution >= 4 is 50.0 Å². The van der Waals surface area contributed by atoms with Crippen molar-refractivity contribution in [2.75, 3.05) is 4.72 Å². The van der Waals surface area contributed by atoms with Gasteiger partial charge in [0.05, 0.1) is 12.5 Å². The van der Waals surface area contributed by atoms with Gasteiger partial charge in [-0.25, -0.2) is 0 Å². The number of benzene rings is 5. The molecular weight excluding hydrogens is 358 g/mol. The molecule has 0 amide bonds. The summed E-state index contributed by atoms with van der Waals surface area (Å²) in [6, 6.07) is 15.7. The van der Waals surface area contributed by atoms with Crippen molar-refractivity contribution in [3.05, 3.63) is 84.3 Å². The van der Waals surface area contributed by atoms with E-state index >= 15 is 0 Å². The van der Waals surface area contributed by atoms with Crippen LogP contribution in [-0.4, -0.2) is 0 Å². The molecule has 138 valence electrons. The molecule has 0 unspecified atom stereocenters. The van der Waals surface area contributed by atoms with E-state index in [-0.39, 0.29) is 40.5 Å². The second-order valence-electron chi connectivity index (χ2n) is 8.10. The summed E-state index contributed by atoms with van der Waals surface area (Å²) in [7, 11) is 0. The molecule has 0 fully saturated rings. The van der Waals surface area contributed by atoms with Crippen molar-refractivity contribution in [2.45, 2.75) is 31.1 Å². The van der Waals surface area contributed by atoms with E-state index in [1.165, 1.54) is 21.7 Å². The largest absolute Gasteiger partial charge is 0.325 e. The van der Waals surface area contributed by atoms with Crippen LogP contribution in [0.4, 0.5) is 5.69 Å². The summed E-state index contributed by atoms with van der Waals surface area (Å²) >= 11 is 1.05. The SMILES string of the molecule is [2H]c1c([2H])c([2H])c(SNc2ccc3ccc4cc(C(C)(C)C)cc5ccc2c3c45)c([2H])c1[2H]. The first-order valence-corrected chi connectivity index (χ1v) is 10.1. The molecule has 5 aromatic rings. The van der Waals surface area contributed by atoms with Gasteiger partial charge in [0.15, 0.2) is 0 Å². The van der Waals surface area contributed by atoms with Crippen LogP contribution in [0.25, 0.3) is 32.3 Å². The Morgan fingerprint density at radius 3 is 2.14 bits per heavy atom. The summed E-state index contributed by atoms with van der Waals surface area (Å²) in [5, 5.41) is 6.96. The lowest BCUT2D eigenvalue weighted by molar-refractivity contribution is 0.591. The Balaban J connectivity index is 1.64. The van der Waals surface area contributed by atoms with Gasteiger partial charge in [-0.15, -0.1) is 0 Å². The molecule has 0 aliphatic heterocycles. The molecule has 0 spiro atoms. The number of rotatable bonds is 3. The van der Waals surface area contributed by atoms with E-state index in [0.717, 1.165) is 33.8 Å². The minimum absolute atomic E-state index is 0.0533. The van der Waals surface area contributed by atoms with E-state index in [1.54, 1.807) is 0 Å². The van der Waals surface area contributed by atoms with Crippen molar-refractivity contribution in [3.63, 3.8) is 0 Å². The fraction of sp³-hybridized carbons (Fsp3) is 0.154. The Hall–Kier alpha value is -2.71. The Labute approximate surface area is 177 Å². The van der Waals surface area contributed by atoms with Crippen molar-refractivity contribution in [3.8, 4) is 0 Å². The van der Waals surface area contributed by atoms with Gasteiger partial charge in [0, 0.05) is 10.3 Å². The molecule has 1 nitrogen and oxygen atoms in total. The average Bonchev–Trinajstić information content (AvgIpc) is 2.79. The van der Waals surface area contributed by atoms with Crippen LogP contribution >= 0.6 is 11.9 Å². The smallest absolute Gasteiger partial charge is 0.0635 e. The van der Waals surface area contributed by atoms with Gasteiger partial charge in [0.2, 0.25) is 0 Å². The molecule has 0 saturated carbocycles. The molecular formula is C26H23NS. The zero-order valence-corrected chi connectivity index (χ0v) is 16.8. The lowest BCUT2D eigenvalue weighted by atomic mass is 9.83. The van der Waals surface area contributed by atoms with Crippen LogP contribution in [0, 0.1) is 0 Å². The highest BCUT2D eigenvalue weighted by Crippen LogP contribution is 2.40. The maximum atomic E-state index is 8.17. The summed E-state index contributed by atoms with van der Waals surface area (Å²) in [5.74, 6) is 0. The highest BCUT2D eigenvalue weighted by Gasteiger charge is 2.17. The molecule has 2 heteroatoms. The van der Waals surface area contributed by atoms with Crippen molar-refractivity contribution in [1.29, 1.82) is 0 Å². The third-order valence-corrected chi connectivity index (χ3v) is 5.94. The molecule has 0 saturated heterocycles. The molecule has 28 heavy (non-hydrogen) atoms. The molecule has 0 bridgehead atoms. The van der Waals surface area contributed by atoms with Gasteiger partial charge in [-0.2, -0.15) is 0 Å². The zero-order chi connectivity index (χ0) is 23.7. The van der Waals surface area contributed by atoms with Crippen LogP contribution in [0.3, 0.4) is 0 Å². The Bertz CT molecular complexity index is 1510. The molecule has 0 aromatic heterocycles. The molecule has 1 N–H and O–H groups in total. The van der Waals surface area contributed by atoms with Gasteiger partial charge in [-0.1, -0.05) is 81.4 Å². The molecule has 0 heterocycles. The topological polar surface area (TPSA) is 12.0 Å². The van der Waals surface area contributed by atoms with Crippen LogP contribution in [0.15, 0.2) is 83.6 Å². The minimum Gasteiger partial charge on any atom is -0.325 e. The molecule has 5 rings (SSSR count). The zero-order valence-electron chi connectivity index (χ0n) is 21.0. The summed E-state index contributed by atoms with van der Waals surface area (Å²) in [5.41, 5.74) is 2.19. The van der Waals surface area contributed by atoms with Crippen LogP contribution < -0.4 is 4.72 Å². The fourth-order valence-electron chi connectivity index (χ4n) is 3.74. The predicted octanol–water partition coefficient (Wildman–Crippen LogP) is 8.00. The average molecular weight is 387 g/mol. The van der Waals surface area contributed by atoms with Gasteiger partial charge >= 0.3 is 0 Å². The second-order valence-corrected chi connectivity index (χ2v) is 8.91. The van der Waals surface area contributed by atoms with E-state index in [9.17, 15) is 0 Å². The Morgan fingerprint density at radius 1 is 0.786 bits per heavy atom. The van der Waals surface area contributed by atoms with Gasteiger partial charge in [0.1, 0.15) is 0 Å². The molecule has 0 aliphatic rings. The summed E-state index contributed by atoms with van der Waals surface area (Å²) in [6.07, 6.45) is 0. The van der Waals surface area contributed by atoms with E-state index in [2.05, 4.69) is 68.0 Å². The van der Waals surface area contributed by atoms with Crippen LogP contribution in [0.2, 0.25) is 0 Å². The van der Waals surface area contributed by atoms with Gasteiger partial charge in [0.25, 0.3) is 0 Å². The quantitative estimate of drug-likeness (QED) is 0.249. The minimum atomic E-state index is -0.383. The van der Waals surface area contributed by atoms with Gasteiger partial charge < -0.3 is 4.72 Å². The van der Waals surface area contributed by atoms with Crippen LogP contribution in [-0.2, 0) is 5.41 Å². The summed E-state index contributed by atoms with van der Waals surface area (Å²) in [6.45, 7) is 6.66. The van der Waals surface area contributed by atoms with Crippen molar-refractivity contribution < 1.29 is 6.85 Å². The highest BCUT2D eigenvalue weighted by atomic mass is 32.2. The maximum Gasteiger partial charge on any atom is 0.0635 e. The lowest BCUT2D eigenvalue weighted by Gasteiger charge is -2.22. The first-order chi connectivity index (χ1) is 15.6. The normalized spacial score (nSPS) is 14.8. The third kappa shape index (κ3) is 2.89. The van der Waals surface area contributed by atoms with Crippen LogP contribution in [0.1, 0.15) is 33.2 Å². The maximum absolute atomic E-state index is 8.17. The van der Waals surface area contributed by atoms with Crippen molar-refractivity contribution in [1.82, 2.24) is 0 Å². The summed E-state index contributed by atoms with van der Waals surface area (Å²) < 4.78 is 43.2. The number of nitrogens with one attached hydrogen (secondary N) is 1. The first-order valence-electron chi connectivity index (χ1n) is 11.8. The third-order valence-electron chi connectivity index (χ3n) is 5.21. The lowest BCUT2D eigenvalue weighted by Crippen LogP contribution is -2.10. The van der Waals surface area contributed by atoms with E-state index in [4.69, 9.17) is 6.85 Å². The molecule has 5 aromatic carbocycles. The van der Waals surface area contributed by atoms with E-state index < -0.39 is 0 Å². The number of hydrogen-bond acceptors (Lipinski definition) is 2. The standard InChI is InChI=1S/C26H23NS/c1-26(2,3)20-15-18-10-9-17-12-14-23(27-28-21-7-5-4-6-8-21)22-13-11-19(16-20)24(18)25(17)22/h4-16,27H,1-3H3/i4D,5D,6D,7D,8D. The monoisotopic (exact) mass is 386 g/mol. The first kappa shape index (κ1) is 12.7. The highest BCUT2D eigenvalue weighted by molar-refractivity contribution is 8.00.